The van der Waals surface area contributed by atoms with Crippen LogP contribution in [0.1, 0.15) is 18.4 Å². The maximum Gasteiger partial charge on any atom is 0.229 e. The molecule has 3 nitrogen and oxygen atoms in total. The Balaban J connectivity index is 1.68. The van der Waals surface area contributed by atoms with Gasteiger partial charge in [-0.1, -0.05) is 42.5 Å². The molecule has 1 heterocycles. The van der Waals surface area contributed by atoms with Gasteiger partial charge in [-0.15, -0.1) is 0 Å². The second kappa shape index (κ2) is 5.17. The molecule has 3 atom stereocenters. The number of hydrogen-bond acceptors (Lipinski definition) is 2. The number of carbonyl (C=O) groups is 1. The lowest BCUT2D eigenvalue weighted by Gasteiger charge is -2.24. The van der Waals surface area contributed by atoms with Gasteiger partial charge in [-0.2, -0.15) is 0 Å². The highest BCUT2D eigenvalue weighted by molar-refractivity contribution is 5.79. The van der Waals surface area contributed by atoms with E-state index in [2.05, 4.69) is 12.2 Å². The number of likely N-dealkylation sites (tertiary alicyclic amines) is 1. The highest BCUT2D eigenvalue weighted by atomic mass is 16.3. The number of hydrogen-bond donors (Lipinski definition) is 1. The largest absolute Gasteiger partial charge is 0.373 e. The van der Waals surface area contributed by atoms with E-state index in [1.165, 1.54) is 0 Å². The fraction of sp³-hybridized carbons (Fsp3) is 0.438. The van der Waals surface area contributed by atoms with Crippen molar-refractivity contribution in [3.8, 4) is 0 Å². The predicted octanol–water partition coefficient (Wildman–Crippen LogP) is 1.97. The second-order valence-electron chi connectivity index (χ2n) is 5.49. The summed E-state index contributed by atoms with van der Waals surface area (Å²) < 4.78 is 0. The maximum absolute atomic E-state index is 12.3. The third kappa shape index (κ3) is 2.43. The van der Waals surface area contributed by atoms with Crippen LogP contribution in [-0.2, 0) is 11.2 Å². The monoisotopic (exact) mass is 257 g/mol. The molecule has 100 valence electrons. The van der Waals surface area contributed by atoms with Gasteiger partial charge in [0.25, 0.3) is 0 Å². The molecule has 0 saturated carbocycles. The normalized spacial score (nSPS) is 29.3. The predicted molar refractivity (Wildman–Crippen MR) is 73.2 cm³/mol. The van der Waals surface area contributed by atoms with E-state index >= 15 is 0 Å². The summed E-state index contributed by atoms with van der Waals surface area (Å²) >= 11 is 0. The zero-order valence-corrected chi connectivity index (χ0v) is 10.9. The van der Waals surface area contributed by atoms with Crippen molar-refractivity contribution < 1.29 is 9.90 Å². The molecule has 1 saturated heterocycles. The summed E-state index contributed by atoms with van der Waals surface area (Å²) in [5, 5.41) is 10.3. The van der Waals surface area contributed by atoms with Crippen LogP contribution >= 0.6 is 0 Å². The summed E-state index contributed by atoms with van der Waals surface area (Å²) in [6, 6.07) is 9.72. The van der Waals surface area contributed by atoms with E-state index in [4.69, 9.17) is 0 Å². The first-order valence-corrected chi connectivity index (χ1v) is 6.92. The van der Waals surface area contributed by atoms with Crippen molar-refractivity contribution >= 4 is 5.91 Å². The van der Waals surface area contributed by atoms with Crippen LogP contribution in [0.5, 0.6) is 0 Å². The molecule has 1 amide bonds. The lowest BCUT2D eigenvalue weighted by molar-refractivity contribution is -0.138. The number of carbonyl (C=O) groups excluding carboxylic acids is 1. The van der Waals surface area contributed by atoms with Crippen LogP contribution in [0.25, 0.3) is 0 Å². The first-order chi connectivity index (χ1) is 9.25. The van der Waals surface area contributed by atoms with Crippen LogP contribution in [0.4, 0.5) is 0 Å². The topological polar surface area (TPSA) is 40.5 Å². The Hall–Kier alpha value is -1.61. The van der Waals surface area contributed by atoms with Crippen LogP contribution in [0.15, 0.2) is 42.5 Å². The molecule has 1 aliphatic heterocycles. The van der Waals surface area contributed by atoms with E-state index in [9.17, 15) is 9.90 Å². The lowest BCUT2D eigenvalue weighted by atomic mass is 9.85. The first kappa shape index (κ1) is 12.4. The van der Waals surface area contributed by atoms with E-state index in [0.29, 0.717) is 18.9 Å². The SMILES string of the molecule is O=C(Cc1ccccc1)N1C[C@H]2CC=CC[C@H]2[C@@H]1O. The van der Waals surface area contributed by atoms with Crippen molar-refractivity contribution in [1.82, 2.24) is 4.90 Å². The summed E-state index contributed by atoms with van der Waals surface area (Å²) in [4.78, 5) is 14.0. The highest BCUT2D eigenvalue weighted by Crippen LogP contribution is 2.36. The molecule has 1 aliphatic carbocycles. The summed E-state index contributed by atoms with van der Waals surface area (Å²) in [6.45, 7) is 0.696. The van der Waals surface area contributed by atoms with Gasteiger partial charge in [-0.05, 0) is 24.3 Å². The molecule has 1 N–H and O–H groups in total. The van der Waals surface area contributed by atoms with Gasteiger partial charge in [-0.25, -0.2) is 0 Å². The van der Waals surface area contributed by atoms with Gasteiger partial charge >= 0.3 is 0 Å². The number of aliphatic hydroxyl groups excluding tert-OH is 1. The number of benzene rings is 1. The molecule has 3 rings (SSSR count). The van der Waals surface area contributed by atoms with E-state index in [1.807, 2.05) is 30.3 Å². The smallest absolute Gasteiger partial charge is 0.229 e. The number of nitrogens with zero attached hydrogens (tertiary/aromatic N) is 1. The average Bonchev–Trinajstić information content (AvgIpc) is 2.78. The van der Waals surface area contributed by atoms with Gasteiger partial charge in [0, 0.05) is 12.5 Å². The fourth-order valence-corrected chi connectivity index (χ4v) is 3.18. The number of aliphatic hydroxyl groups is 1. The summed E-state index contributed by atoms with van der Waals surface area (Å²) in [5.74, 6) is 0.692. The quantitative estimate of drug-likeness (QED) is 0.823. The van der Waals surface area contributed by atoms with Crippen molar-refractivity contribution in [2.75, 3.05) is 6.54 Å². The molecular formula is C16H19NO2. The Labute approximate surface area is 113 Å². The minimum absolute atomic E-state index is 0.0353. The Morgan fingerprint density at radius 3 is 2.68 bits per heavy atom. The molecule has 0 aromatic heterocycles. The van der Waals surface area contributed by atoms with E-state index in [0.717, 1.165) is 18.4 Å². The molecule has 19 heavy (non-hydrogen) atoms. The van der Waals surface area contributed by atoms with Crippen LogP contribution < -0.4 is 0 Å². The van der Waals surface area contributed by atoms with E-state index < -0.39 is 6.23 Å². The molecule has 0 bridgehead atoms. The zero-order valence-electron chi connectivity index (χ0n) is 10.9. The van der Waals surface area contributed by atoms with Crippen LogP contribution in [-0.4, -0.2) is 28.7 Å². The average molecular weight is 257 g/mol. The van der Waals surface area contributed by atoms with Crippen molar-refractivity contribution in [1.29, 1.82) is 0 Å². The molecule has 0 spiro atoms. The van der Waals surface area contributed by atoms with Crippen molar-refractivity contribution in [3.05, 3.63) is 48.0 Å². The van der Waals surface area contributed by atoms with Crippen LogP contribution in [0, 0.1) is 11.8 Å². The van der Waals surface area contributed by atoms with Crippen molar-refractivity contribution in [3.63, 3.8) is 0 Å². The lowest BCUT2D eigenvalue weighted by Crippen LogP contribution is -2.38. The Kier molecular flexibility index (Phi) is 3.38. The minimum Gasteiger partial charge on any atom is -0.373 e. The molecule has 1 aromatic carbocycles. The number of rotatable bonds is 2. The van der Waals surface area contributed by atoms with Crippen LogP contribution in [0.2, 0.25) is 0 Å². The second-order valence-corrected chi connectivity index (χ2v) is 5.49. The van der Waals surface area contributed by atoms with Gasteiger partial charge in [-0.3, -0.25) is 4.79 Å². The Morgan fingerprint density at radius 2 is 1.95 bits per heavy atom. The van der Waals surface area contributed by atoms with Gasteiger partial charge < -0.3 is 10.0 Å². The maximum atomic E-state index is 12.3. The van der Waals surface area contributed by atoms with Crippen molar-refractivity contribution in [2.45, 2.75) is 25.5 Å². The van der Waals surface area contributed by atoms with Gasteiger partial charge in [0.2, 0.25) is 5.91 Å². The molecular weight excluding hydrogens is 238 g/mol. The van der Waals surface area contributed by atoms with E-state index in [1.54, 1.807) is 4.90 Å². The van der Waals surface area contributed by atoms with Gasteiger partial charge in [0.15, 0.2) is 0 Å². The summed E-state index contributed by atoms with van der Waals surface area (Å²) in [5.41, 5.74) is 1.01. The minimum atomic E-state index is -0.605. The molecule has 0 radical (unpaired) electrons. The molecule has 3 heteroatoms. The molecule has 0 unspecified atom stereocenters. The van der Waals surface area contributed by atoms with Gasteiger partial charge in [0.05, 0.1) is 6.42 Å². The molecule has 1 fully saturated rings. The third-order valence-corrected chi connectivity index (χ3v) is 4.27. The fourth-order valence-electron chi connectivity index (χ4n) is 3.18. The first-order valence-electron chi connectivity index (χ1n) is 6.92. The van der Waals surface area contributed by atoms with Crippen molar-refractivity contribution in [2.24, 2.45) is 11.8 Å². The molecule has 1 aromatic rings. The Morgan fingerprint density at radius 1 is 1.21 bits per heavy atom. The number of allylic oxidation sites excluding steroid dienone is 2. The molecule has 2 aliphatic rings. The summed E-state index contributed by atoms with van der Waals surface area (Å²) in [6.07, 6.45) is 5.93. The zero-order chi connectivity index (χ0) is 13.2. The summed E-state index contributed by atoms with van der Waals surface area (Å²) in [7, 11) is 0. The van der Waals surface area contributed by atoms with Gasteiger partial charge in [0.1, 0.15) is 6.23 Å². The Bertz CT molecular complexity index is 483. The number of amides is 1. The highest BCUT2D eigenvalue weighted by Gasteiger charge is 2.42. The van der Waals surface area contributed by atoms with E-state index in [-0.39, 0.29) is 11.8 Å². The standard InChI is InChI=1S/C16H19NO2/c18-15(10-12-6-2-1-3-7-12)17-11-13-8-4-5-9-14(13)16(17)19/h1-7,13-14,16,19H,8-11H2/t13-,14-,16+/m1/s1. The third-order valence-electron chi connectivity index (χ3n) is 4.27. The number of fused-ring (bicyclic) bond motifs is 1. The van der Waals surface area contributed by atoms with Crippen LogP contribution in [0.3, 0.4) is 0 Å².